The number of fused-ring (bicyclic) bond motifs is 1. The third-order valence-corrected chi connectivity index (χ3v) is 4.73. The highest BCUT2D eigenvalue weighted by molar-refractivity contribution is 6.05. The largest absolute Gasteiger partial charge is 0.490 e. The predicted octanol–water partition coefficient (Wildman–Crippen LogP) is 4.06. The molecule has 1 aliphatic heterocycles. The molecule has 0 spiro atoms. The summed E-state index contributed by atoms with van der Waals surface area (Å²) in [6.07, 6.45) is 3.23. The molecule has 0 saturated carbocycles. The highest BCUT2D eigenvalue weighted by atomic mass is 19.1. The van der Waals surface area contributed by atoms with E-state index < -0.39 is 0 Å². The van der Waals surface area contributed by atoms with Crippen LogP contribution in [-0.4, -0.2) is 35.0 Å². The van der Waals surface area contributed by atoms with Crippen LogP contribution in [0.15, 0.2) is 60.8 Å². The summed E-state index contributed by atoms with van der Waals surface area (Å²) in [5.74, 6) is 0.419. The molecule has 0 unspecified atom stereocenters. The van der Waals surface area contributed by atoms with Crippen molar-refractivity contribution in [1.29, 1.82) is 0 Å². The van der Waals surface area contributed by atoms with Gasteiger partial charge in [-0.2, -0.15) is 0 Å². The summed E-state index contributed by atoms with van der Waals surface area (Å²) in [7, 11) is 0. The molecule has 4 nitrogen and oxygen atoms in total. The number of pyridine rings is 1. The molecule has 5 heteroatoms. The maximum atomic E-state index is 13.0. The number of halogens is 1. The minimum Gasteiger partial charge on any atom is -0.490 e. The number of carbonyl (C=O) groups is 1. The summed E-state index contributed by atoms with van der Waals surface area (Å²) < 4.78 is 18.9. The summed E-state index contributed by atoms with van der Waals surface area (Å²) in [6, 6.07) is 15.5. The van der Waals surface area contributed by atoms with E-state index in [-0.39, 0.29) is 17.8 Å². The van der Waals surface area contributed by atoms with Crippen LogP contribution in [0.25, 0.3) is 10.9 Å². The molecule has 0 bridgehead atoms. The second kappa shape index (κ2) is 7.12. The van der Waals surface area contributed by atoms with Gasteiger partial charge in [0, 0.05) is 37.5 Å². The fourth-order valence-corrected chi connectivity index (χ4v) is 3.34. The van der Waals surface area contributed by atoms with Crippen LogP contribution >= 0.6 is 0 Å². The van der Waals surface area contributed by atoms with Gasteiger partial charge in [-0.1, -0.05) is 18.2 Å². The van der Waals surface area contributed by atoms with Gasteiger partial charge in [0.2, 0.25) is 0 Å². The predicted molar refractivity (Wildman–Crippen MR) is 97.7 cm³/mol. The molecule has 26 heavy (non-hydrogen) atoms. The first-order valence-electron chi connectivity index (χ1n) is 8.76. The van der Waals surface area contributed by atoms with E-state index in [4.69, 9.17) is 4.74 Å². The van der Waals surface area contributed by atoms with Crippen molar-refractivity contribution in [1.82, 2.24) is 9.88 Å². The number of likely N-dealkylation sites (tertiary alicyclic amines) is 1. The van der Waals surface area contributed by atoms with Crippen molar-refractivity contribution in [2.75, 3.05) is 13.1 Å². The lowest BCUT2D eigenvalue weighted by molar-refractivity contribution is 0.0597. The number of hydrogen-bond donors (Lipinski definition) is 0. The molecule has 3 aromatic rings. The molecule has 1 aliphatic rings. The van der Waals surface area contributed by atoms with Crippen molar-refractivity contribution in [2.24, 2.45) is 0 Å². The molecule has 132 valence electrons. The third-order valence-electron chi connectivity index (χ3n) is 4.73. The number of ether oxygens (including phenoxy) is 1. The first kappa shape index (κ1) is 16.5. The maximum absolute atomic E-state index is 13.0. The number of carbonyl (C=O) groups excluding carboxylic acids is 1. The standard InChI is InChI=1S/C21H19FN2O2/c22-15-5-7-16(8-6-15)26-17-10-13-24(14-11-17)21(25)19-9-12-23-20-4-2-1-3-18(19)20/h1-9,12,17H,10-11,13-14H2. The fourth-order valence-electron chi connectivity index (χ4n) is 3.34. The molecule has 0 N–H and O–H groups in total. The third kappa shape index (κ3) is 3.38. The Morgan fingerprint density at radius 2 is 1.77 bits per heavy atom. The van der Waals surface area contributed by atoms with Gasteiger partial charge in [-0.3, -0.25) is 9.78 Å². The summed E-state index contributed by atoms with van der Waals surface area (Å²) in [5.41, 5.74) is 1.52. The number of hydrogen-bond acceptors (Lipinski definition) is 3. The van der Waals surface area contributed by atoms with Gasteiger partial charge < -0.3 is 9.64 Å². The Balaban J connectivity index is 1.42. The van der Waals surface area contributed by atoms with Crippen LogP contribution < -0.4 is 4.74 Å². The Morgan fingerprint density at radius 3 is 2.54 bits per heavy atom. The van der Waals surface area contributed by atoms with Crippen molar-refractivity contribution >= 4 is 16.8 Å². The monoisotopic (exact) mass is 350 g/mol. The topological polar surface area (TPSA) is 42.4 Å². The van der Waals surface area contributed by atoms with Crippen molar-refractivity contribution in [2.45, 2.75) is 18.9 Å². The number of nitrogens with zero attached hydrogens (tertiary/aromatic N) is 2. The van der Waals surface area contributed by atoms with Gasteiger partial charge in [-0.05, 0) is 36.4 Å². The van der Waals surface area contributed by atoms with E-state index >= 15 is 0 Å². The Labute approximate surface area is 151 Å². The smallest absolute Gasteiger partial charge is 0.254 e. The van der Waals surface area contributed by atoms with Crippen LogP contribution in [0.3, 0.4) is 0 Å². The van der Waals surface area contributed by atoms with Gasteiger partial charge in [0.1, 0.15) is 17.7 Å². The zero-order valence-electron chi connectivity index (χ0n) is 14.3. The van der Waals surface area contributed by atoms with Crippen LogP contribution in [0, 0.1) is 5.82 Å². The molecule has 1 amide bonds. The Morgan fingerprint density at radius 1 is 1.04 bits per heavy atom. The first-order valence-corrected chi connectivity index (χ1v) is 8.76. The molecule has 1 fully saturated rings. The maximum Gasteiger partial charge on any atom is 0.254 e. The van der Waals surface area contributed by atoms with Gasteiger partial charge in [0.25, 0.3) is 5.91 Å². The molecular formula is C21H19FN2O2. The summed E-state index contributed by atoms with van der Waals surface area (Å²) in [6.45, 7) is 1.28. The number of piperidine rings is 1. The number of aromatic nitrogens is 1. The fraction of sp³-hybridized carbons (Fsp3) is 0.238. The van der Waals surface area contributed by atoms with E-state index in [1.165, 1.54) is 12.1 Å². The Hall–Kier alpha value is -2.95. The zero-order chi connectivity index (χ0) is 17.9. The second-order valence-corrected chi connectivity index (χ2v) is 6.44. The first-order chi connectivity index (χ1) is 12.7. The van der Waals surface area contributed by atoms with Crippen LogP contribution in [0.1, 0.15) is 23.2 Å². The van der Waals surface area contributed by atoms with E-state index in [9.17, 15) is 9.18 Å². The molecule has 4 rings (SSSR count). The summed E-state index contributed by atoms with van der Waals surface area (Å²) >= 11 is 0. The minimum atomic E-state index is -0.276. The number of benzene rings is 2. The molecule has 0 atom stereocenters. The van der Waals surface area contributed by atoms with Gasteiger partial charge in [0.05, 0.1) is 11.1 Å². The van der Waals surface area contributed by atoms with Gasteiger partial charge >= 0.3 is 0 Å². The Bertz CT molecular complexity index is 913. The molecule has 1 aromatic heterocycles. The highest BCUT2D eigenvalue weighted by Gasteiger charge is 2.25. The SMILES string of the molecule is O=C(c1ccnc2ccccc12)N1CCC(Oc2ccc(F)cc2)CC1. The molecule has 2 aromatic carbocycles. The normalized spacial score (nSPS) is 15.2. The average Bonchev–Trinajstić information content (AvgIpc) is 2.69. The Kier molecular flexibility index (Phi) is 4.52. The van der Waals surface area contributed by atoms with Crippen LogP contribution in [0.4, 0.5) is 4.39 Å². The van der Waals surface area contributed by atoms with Crippen molar-refractivity contribution in [3.63, 3.8) is 0 Å². The van der Waals surface area contributed by atoms with Crippen LogP contribution in [-0.2, 0) is 0 Å². The van der Waals surface area contributed by atoms with E-state index in [0.29, 0.717) is 24.4 Å². The lowest BCUT2D eigenvalue weighted by Crippen LogP contribution is -2.41. The van der Waals surface area contributed by atoms with Gasteiger partial charge in [-0.25, -0.2) is 4.39 Å². The quantitative estimate of drug-likeness (QED) is 0.715. The summed E-state index contributed by atoms with van der Waals surface area (Å²) in [5, 5.41) is 0.879. The highest BCUT2D eigenvalue weighted by Crippen LogP contribution is 2.23. The molecule has 0 aliphatic carbocycles. The number of rotatable bonds is 3. The van der Waals surface area contributed by atoms with Crippen LogP contribution in [0.2, 0.25) is 0 Å². The minimum absolute atomic E-state index is 0.0313. The van der Waals surface area contributed by atoms with Crippen molar-refractivity contribution in [3.05, 3.63) is 72.2 Å². The van der Waals surface area contributed by atoms with Crippen molar-refractivity contribution in [3.8, 4) is 5.75 Å². The average molecular weight is 350 g/mol. The van der Waals surface area contributed by atoms with E-state index in [0.717, 1.165) is 23.7 Å². The van der Waals surface area contributed by atoms with Crippen molar-refractivity contribution < 1.29 is 13.9 Å². The van der Waals surface area contributed by atoms with Crippen LogP contribution in [0.5, 0.6) is 5.75 Å². The molecular weight excluding hydrogens is 331 g/mol. The summed E-state index contributed by atoms with van der Waals surface area (Å²) in [4.78, 5) is 19.1. The lowest BCUT2D eigenvalue weighted by Gasteiger charge is -2.32. The number of para-hydroxylation sites is 1. The van der Waals surface area contributed by atoms with E-state index in [1.807, 2.05) is 29.2 Å². The lowest BCUT2D eigenvalue weighted by atomic mass is 10.0. The molecule has 2 heterocycles. The number of amides is 1. The van der Waals surface area contributed by atoms with E-state index in [2.05, 4.69) is 4.98 Å². The molecule has 1 saturated heterocycles. The van der Waals surface area contributed by atoms with Gasteiger partial charge in [-0.15, -0.1) is 0 Å². The zero-order valence-corrected chi connectivity index (χ0v) is 14.3. The van der Waals surface area contributed by atoms with E-state index in [1.54, 1.807) is 24.4 Å². The molecule has 0 radical (unpaired) electrons. The second-order valence-electron chi connectivity index (χ2n) is 6.44. The van der Waals surface area contributed by atoms with Gasteiger partial charge in [0.15, 0.2) is 0 Å².